The summed E-state index contributed by atoms with van der Waals surface area (Å²) < 4.78 is 113. The zero-order valence-electron chi connectivity index (χ0n) is 80.5. The monoisotopic (exact) mass is 1940 g/mol. The highest BCUT2D eigenvalue weighted by molar-refractivity contribution is 6.34. The number of para-hydroxylation sites is 1. The van der Waals surface area contributed by atoms with Gasteiger partial charge >= 0.3 is 12.4 Å². The van der Waals surface area contributed by atoms with Gasteiger partial charge in [-0.1, -0.05) is 78.3 Å². The van der Waals surface area contributed by atoms with Crippen LogP contribution in [0, 0.1) is 113 Å². The number of nitrogens with one attached hydrogen (secondary N) is 12. The molecule has 6 aliphatic heterocycles. The SMILES string of the molecule is CC(C)(COc1cnc(Cl)c2ccccc12)NC(=O)C1[C@H]2CNC[C@@H]12.CC(C)(COc1cncc2ccccc12)NC(=O)C1[C@H]2CNC[C@@H]12.CC(C)(COc1ncccc1C(F)(F)F)NC(=O)C1[C@H]2CNC[C@@H]12.CC(C)(COc1nnccc1C(F)(F)F)NC(=O)C1[C@H]2CNC[C@@H]12.Cc1ccccc1OCC(C)(C)NC(=O)C1[C@H]2CNC[C@@H]12.Cn1nccc1OCC(C)(C)NC(=O)C1[C@H]2CNC[C@@H]12. The molecule has 12 N–H and O–H groups in total. The summed E-state index contributed by atoms with van der Waals surface area (Å²) in [6.07, 6.45) is -0.00535. The number of rotatable bonds is 30. The van der Waals surface area contributed by atoms with Gasteiger partial charge in [-0.3, -0.25) is 33.8 Å². The number of hydrogen-bond acceptors (Lipinski definition) is 24. The van der Waals surface area contributed by atoms with E-state index in [2.05, 4.69) is 94.0 Å². The minimum absolute atomic E-state index is 0.00566. The van der Waals surface area contributed by atoms with Gasteiger partial charge in [0.15, 0.2) is 0 Å². The lowest BCUT2D eigenvalue weighted by Gasteiger charge is -2.27. The summed E-state index contributed by atoms with van der Waals surface area (Å²) in [4.78, 5) is 86.1. The van der Waals surface area contributed by atoms with Crippen LogP contribution in [0.15, 0.2) is 134 Å². The number of aromatic nitrogens is 7. The van der Waals surface area contributed by atoms with Crippen molar-refractivity contribution in [1.82, 2.24) is 98.7 Å². The van der Waals surface area contributed by atoms with Gasteiger partial charge in [0.25, 0.3) is 0 Å². The predicted molar refractivity (Wildman–Crippen MR) is 505 cm³/mol. The van der Waals surface area contributed by atoms with Gasteiger partial charge in [-0.15, -0.1) is 5.10 Å². The normalized spacial score (nSPS) is 26.1. The van der Waals surface area contributed by atoms with E-state index < -0.39 is 57.4 Å². The third-order valence-corrected chi connectivity index (χ3v) is 28.2. The number of hydrogen-bond donors (Lipinski definition) is 12. The van der Waals surface area contributed by atoms with Gasteiger partial charge in [-0.05, 0) is 269 Å². The summed E-state index contributed by atoms with van der Waals surface area (Å²) in [6, 6.07) is 28.5. The molecule has 20 rings (SSSR count). The largest absolute Gasteiger partial charge is 0.491 e. The van der Waals surface area contributed by atoms with Crippen molar-refractivity contribution in [2.45, 2.75) is 136 Å². The zero-order valence-corrected chi connectivity index (χ0v) is 81.3. The van der Waals surface area contributed by atoms with Gasteiger partial charge in [0.05, 0.1) is 58.0 Å². The first-order valence-corrected chi connectivity index (χ1v) is 48.0. The number of carbonyl (C=O) groups excluding carboxylic acids is 6. The van der Waals surface area contributed by atoms with Crippen molar-refractivity contribution >= 4 is 68.6 Å². The molecule has 3 aromatic carbocycles. The Kier molecular flexibility index (Phi) is 30.6. The standard InChI is InChI=1S/C19H22ClN3O2.C19H23N3O2.C17H24N2O2.C16H20F3N3O2.C15H19F3N4O2.C14H22N4O2/c1-19(2,23-18(24)16-13-7-21-8-14(13)16)10-25-15-9-22-17(20)12-6-4-3-5-11(12)15;1-19(2,22-18(23)17-14-8-21-9-15(14)17)11-24-16-10-20-7-12-5-3-4-6-13(12)16;1-11-6-4-5-7-14(11)21-10-17(2,3)19-16(20)15-12-8-18-9-13(12)15;1-15(2,22-13(23)12-9-6-20-7-10(9)12)8-24-14-11(16(17,18)19)4-3-5-21-14;1-14(2,21-12(23)11-8-5-19-6-9(8)11)7-24-13-10(15(16,17)18)3-4-20-22-13;1-14(2,8-20-11-4-5-16-18(11)3)17-13(19)12-9-6-15-7-10(9)12/h3-6,9,13-14,16,21H,7-8,10H2,1-2H3,(H,23,24);3-7,10,14-15,17,21H,8-9,11H2,1-2H3,(H,22,23);4-7,12-13,15,18H,8-10H2,1-3H3,(H,19,20);3-5,9-10,12,20H,6-8H2,1-2H3,(H,22,23);3-4,8-9,11,19H,5-7H2,1-2H3,(H,21,23);4-5,9-10,12,15H,6-8H2,1-3H3,(H,17,19)/t13-,14+,16?;14-,15+,17?;12-,13+,15?;9-,10+,12?;8-,9+,11?;9-,10+,12?. The van der Waals surface area contributed by atoms with Crippen molar-refractivity contribution in [3.63, 3.8) is 0 Å². The van der Waals surface area contributed by atoms with Gasteiger partial charge in [-0.25, -0.2) is 14.6 Å². The predicted octanol–water partition coefficient (Wildman–Crippen LogP) is 9.57. The van der Waals surface area contributed by atoms with Crippen LogP contribution in [0.4, 0.5) is 26.3 Å². The molecular weight excluding hydrogens is 1810 g/mol. The molecule has 12 fully saturated rings. The van der Waals surface area contributed by atoms with E-state index in [1.54, 1.807) is 51.0 Å². The molecule has 0 spiro atoms. The number of piperidine rings is 6. The lowest BCUT2D eigenvalue weighted by molar-refractivity contribution is -0.140. The minimum atomic E-state index is -4.57. The number of halogens is 7. The van der Waals surface area contributed by atoms with E-state index in [1.807, 2.05) is 154 Å². The van der Waals surface area contributed by atoms with Gasteiger partial charge in [0.1, 0.15) is 73.2 Å². The highest BCUT2D eigenvalue weighted by Gasteiger charge is 2.62. The summed E-state index contributed by atoms with van der Waals surface area (Å²) in [5.41, 5.74) is -4.01. The Balaban J connectivity index is 0.000000126. The topological polar surface area (TPSA) is 384 Å². The maximum atomic E-state index is 12.9. The van der Waals surface area contributed by atoms with E-state index in [9.17, 15) is 55.1 Å². The fraction of sp³-hybridized carbons (Fsp3) is 0.580. The van der Waals surface area contributed by atoms with Crippen LogP contribution < -0.4 is 92.2 Å². The lowest BCUT2D eigenvalue weighted by Crippen LogP contribution is -2.49. The third-order valence-electron chi connectivity index (χ3n) is 27.9. The molecular formula is C100H130ClF6N19O12. The number of amides is 6. The Morgan fingerprint density at radius 1 is 0.362 bits per heavy atom. The Bertz CT molecular complexity index is 5500. The maximum Gasteiger partial charge on any atom is 0.421 e. The van der Waals surface area contributed by atoms with E-state index in [0.717, 1.165) is 135 Å². The molecule has 38 heteroatoms. The minimum Gasteiger partial charge on any atom is -0.491 e. The highest BCUT2D eigenvalue weighted by atomic mass is 35.5. The van der Waals surface area contributed by atoms with Crippen LogP contribution in [0.25, 0.3) is 21.5 Å². The van der Waals surface area contributed by atoms with Crippen LogP contribution in [-0.2, 0) is 48.2 Å². The van der Waals surface area contributed by atoms with E-state index in [1.165, 1.54) is 12.3 Å². The second-order valence-corrected chi connectivity index (χ2v) is 42.9. The van der Waals surface area contributed by atoms with E-state index >= 15 is 0 Å². The zero-order chi connectivity index (χ0) is 98.8. The van der Waals surface area contributed by atoms with Gasteiger partial charge in [0.2, 0.25) is 53.1 Å². The Hall–Kier alpha value is -10.8. The molecule has 18 atom stereocenters. The molecule has 6 saturated heterocycles. The van der Waals surface area contributed by atoms with Gasteiger partial charge in [-0.2, -0.15) is 36.5 Å². The van der Waals surface area contributed by atoms with Crippen molar-refractivity contribution in [2.24, 2.45) is 114 Å². The molecule has 11 heterocycles. The number of fused-ring (bicyclic) bond motifs is 8. The highest BCUT2D eigenvalue weighted by Crippen LogP contribution is 2.54. The quantitative estimate of drug-likeness (QED) is 0.0147. The molecule has 12 aliphatic rings. The Morgan fingerprint density at radius 2 is 0.696 bits per heavy atom. The van der Waals surface area contributed by atoms with Gasteiger partial charge < -0.3 is 92.2 Å². The summed E-state index contributed by atoms with van der Waals surface area (Å²) >= 11 is 6.15. The van der Waals surface area contributed by atoms with Crippen LogP contribution >= 0.6 is 11.6 Å². The van der Waals surface area contributed by atoms with Crippen LogP contribution in [-0.4, -0.2) is 222 Å². The number of nitrogens with zero attached hydrogens (tertiary/aromatic N) is 7. The number of carbonyl (C=O) groups is 6. The first-order chi connectivity index (χ1) is 65.3. The number of aryl methyl sites for hydroxylation is 2. The van der Waals surface area contributed by atoms with E-state index in [-0.39, 0.29) is 95.2 Å². The molecule has 6 aliphatic carbocycles. The number of benzene rings is 3. The van der Waals surface area contributed by atoms with E-state index in [0.29, 0.717) is 114 Å². The molecule has 0 bridgehead atoms. The van der Waals surface area contributed by atoms with Gasteiger partial charge in [0, 0.05) is 82.6 Å². The molecule has 6 saturated carbocycles. The number of pyridine rings is 3. The number of alkyl halides is 6. The fourth-order valence-corrected chi connectivity index (χ4v) is 20.3. The molecule has 746 valence electrons. The number of ether oxygens (including phenoxy) is 6. The molecule has 5 aromatic heterocycles. The summed E-state index contributed by atoms with van der Waals surface area (Å²) in [5.74, 6) is 9.06. The average molecular weight is 1940 g/mol. The second-order valence-electron chi connectivity index (χ2n) is 42.5. The third kappa shape index (κ3) is 25.5. The van der Waals surface area contributed by atoms with Crippen molar-refractivity contribution in [2.75, 3.05) is 118 Å². The molecule has 6 amide bonds. The van der Waals surface area contributed by atoms with Crippen LogP contribution in [0.1, 0.15) is 99.8 Å². The second kappa shape index (κ2) is 41.5. The average Bonchev–Trinajstić information content (AvgIpc) is 1.61. The van der Waals surface area contributed by atoms with E-state index in [4.69, 9.17) is 40.0 Å². The summed E-state index contributed by atoms with van der Waals surface area (Å²) in [7, 11) is 1.83. The Labute approximate surface area is 805 Å². The van der Waals surface area contributed by atoms with Crippen molar-refractivity contribution in [3.8, 4) is 34.9 Å². The molecule has 6 unspecified atom stereocenters. The summed E-state index contributed by atoms with van der Waals surface area (Å²) in [6.45, 7) is 37.5. The van der Waals surface area contributed by atoms with Crippen LogP contribution in [0.3, 0.4) is 0 Å². The van der Waals surface area contributed by atoms with Crippen molar-refractivity contribution < 1.29 is 83.5 Å². The van der Waals surface area contributed by atoms with Crippen LogP contribution in [0.2, 0.25) is 5.15 Å². The molecule has 8 aromatic rings. The fourth-order valence-electron chi connectivity index (χ4n) is 20.1. The smallest absolute Gasteiger partial charge is 0.421 e. The maximum absolute atomic E-state index is 12.9. The van der Waals surface area contributed by atoms with Crippen molar-refractivity contribution in [1.29, 1.82) is 0 Å². The lowest BCUT2D eigenvalue weighted by atomic mass is 10.1. The Morgan fingerprint density at radius 3 is 1.08 bits per heavy atom. The molecule has 138 heavy (non-hydrogen) atoms. The first kappa shape index (κ1) is 102. The molecule has 31 nitrogen and oxygen atoms in total. The van der Waals surface area contributed by atoms with Crippen LogP contribution in [0.5, 0.6) is 34.9 Å². The first-order valence-electron chi connectivity index (χ1n) is 47.6. The molecule has 0 radical (unpaired) electrons. The van der Waals surface area contributed by atoms with Crippen molar-refractivity contribution in [3.05, 3.63) is 156 Å². The summed E-state index contributed by atoms with van der Waals surface area (Å²) in [5, 5.41) is 53.2.